The molecule has 2 atom stereocenters. The first-order valence-electron chi connectivity index (χ1n) is 8.95. The fraction of sp³-hybridized carbons (Fsp3) is 0.286. The quantitative estimate of drug-likeness (QED) is 0.607. The van der Waals surface area contributed by atoms with Crippen LogP contribution in [-0.2, 0) is 20.9 Å². The Morgan fingerprint density at radius 1 is 0.964 bits per heavy atom. The van der Waals surface area contributed by atoms with Gasteiger partial charge in [-0.25, -0.2) is 9.59 Å². The average molecular weight is 383 g/mol. The SMILES string of the molecule is O=C(COC(=O)[C@H]1C[C@@H](O)CN1C(=O)OCc1ccccc1)c1ccccc1. The van der Waals surface area contributed by atoms with Crippen molar-refractivity contribution in [3.8, 4) is 0 Å². The summed E-state index contributed by atoms with van der Waals surface area (Å²) in [6.07, 6.45) is -1.53. The summed E-state index contributed by atoms with van der Waals surface area (Å²) >= 11 is 0. The van der Waals surface area contributed by atoms with Crippen molar-refractivity contribution in [1.82, 2.24) is 4.90 Å². The van der Waals surface area contributed by atoms with E-state index in [1.54, 1.807) is 30.3 Å². The number of Topliss-reactive ketones (excluding diaryl/α,β-unsaturated/α-hetero) is 1. The molecule has 0 aliphatic carbocycles. The van der Waals surface area contributed by atoms with E-state index in [0.29, 0.717) is 5.56 Å². The third-order valence-electron chi connectivity index (χ3n) is 4.43. The van der Waals surface area contributed by atoms with Gasteiger partial charge in [0.25, 0.3) is 0 Å². The van der Waals surface area contributed by atoms with Crippen LogP contribution in [0.4, 0.5) is 4.79 Å². The maximum atomic E-state index is 12.4. The number of carbonyl (C=O) groups excluding carboxylic acids is 3. The van der Waals surface area contributed by atoms with Crippen LogP contribution in [0.1, 0.15) is 22.3 Å². The molecule has 1 aliphatic heterocycles. The number of ketones is 1. The Balaban J connectivity index is 1.55. The first-order valence-corrected chi connectivity index (χ1v) is 8.95. The molecule has 7 nitrogen and oxygen atoms in total. The zero-order valence-electron chi connectivity index (χ0n) is 15.2. The van der Waals surface area contributed by atoms with E-state index in [1.165, 1.54) is 0 Å². The first-order chi connectivity index (χ1) is 13.5. The second kappa shape index (κ2) is 9.14. The molecular weight excluding hydrogens is 362 g/mol. The van der Waals surface area contributed by atoms with Crippen molar-refractivity contribution < 1.29 is 29.0 Å². The predicted octanol–water partition coefficient (Wildman–Crippen LogP) is 2.18. The second-order valence-corrected chi connectivity index (χ2v) is 6.49. The second-order valence-electron chi connectivity index (χ2n) is 6.49. The van der Waals surface area contributed by atoms with Crippen LogP contribution >= 0.6 is 0 Å². The van der Waals surface area contributed by atoms with Crippen molar-refractivity contribution in [1.29, 1.82) is 0 Å². The number of carbonyl (C=O) groups is 3. The largest absolute Gasteiger partial charge is 0.456 e. The fourth-order valence-electron chi connectivity index (χ4n) is 2.98. The molecule has 3 rings (SSSR count). The maximum Gasteiger partial charge on any atom is 0.410 e. The van der Waals surface area contributed by atoms with Crippen LogP contribution in [0, 0.1) is 0 Å². The number of hydrogen-bond acceptors (Lipinski definition) is 6. The van der Waals surface area contributed by atoms with E-state index in [1.807, 2.05) is 30.3 Å². The normalized spacial score (nSPS) is 18.5. The van der Waals surface area contributed by atoms with Gasteiger partial charge in [-0.1, -0.05) is 60.7 Å². The predicted molar refractivity (Wildman–Crippen MR) is 99.5 cm³/mol. The summed E-state index contributed by atoms with van der Waals surface area (Å²) in [6.45, 7) is -0.400. The molecule has 1 saturated heterocycles. The summed E-state index contributed by atoms with van der Waals surface area (Å²) in [5, 5.41) is 9.88. The Labute approximate surface area is 162 Å². The van der Waals surface area contributed by atoms with E-state index in [2.05, 4.69) is 0 Å². The van der Waals surface area contributed by atoms with Gasteiger partial charge in [0.05, 0.1) is 12.6 Å². The number of aliphatic hydroxyl groups excluding tert-OH is 1. The monoisotopic (exact) mass is 383 g/mol. The van der Waals surface area contributed by atoms with Crippen molar-refractivity contribution in [2.24, 2.45) is 0 Å². The number of amides is 1. The van der Waals surface area contributed by atoms with Crippen LogP contribution in [0.5, 0.6) is 0 Å². The number of rotatable bonds is 6. The van der Waals surface area contributed by atoms with E-state index in [-0.39, 0.29) is 25.4 Å². The lowest BCUT2D eigenvalue weighted by atomic mass is 10.1. The van der Waals surface area contributed by atoms with Crippen molar-refractivity contribution in [3.05, 3.63) is 71.8 Å². The Kier molecular flexibility index (Phi) is 6.39. The molecule has 1 heterocycles. The molecule has 7 heteroatoms. The molecule has 2 aromatic carbocycles. The minimum absolute atomic E-state index is 0.0278. The van der Waals surface area contributed by atoms with Crippen LogP contribution in [0.2, 0.25) is 0 Å². The Hall–Kier alpha value is -3.19. The highest BCUT2D eigenvalue weighted by atomic mass is 16.6. The molecule has 0 unspecified atom stereocenters. The molecule has 0 saturated carbocycles. The molecular formula is C21H21NO6. The highest BCUT2D eigenvalue weighted by Crippen LogP contribution is 2.21. The minimum atomic E-state index is -0.984. The summed E-state index contributed by atoms with van der Waals surface area (Å²) < 4.78 is 10.3. The number of ether oxygens (including phenoxy) is 2. The van der Waals surface area contributed by atoms with Crippen molar-refractivity contribution in [3.63, 3.8) is 0 Å². The van der Waals surface area contributed by atoms with Gasteiger partial charge in [0.2, 0.25) is 0 Å². The maximum absolute atomic E-state index is 12.4. The number of benzene rings is 2. The first kappa shape index (κ1) is 19.6. The number of aliphatic hydroxyl groups is 1. The summed E-state index contributed by atoms with van der Waals surface area (Å²) in [7, 11) is 0. The summed E-state index contributed by atoms with van der Waals surface area (Å²) in [5.41, 5.74) is 1.24. The fourth-order valence-corrected chi connectivity index (χ4v) is 2.98. The van der Waals surface area contributed by atoms with Crippen LogP contribution in [-0.4, -0.2) is 53.1 Å². The number of nitrogens with zero attached hydrogens (tertiary/aromatic N) is 1. The van der Waals surface area contributed by atoms with Gasteiger partial charge >= 0.3 is 12.1 Å². The molecule has 0 bridgehead atoms. The molecule has 1 amide bonds. The van der Waals surface area contributed by atoms with E-state index in [4.69, 9.17) is 9.47 Å². The Morgan fingerprint density at radius 2 is 1.61 bits per heavy atom. The van der Waals surface area contributed by atoms with E-state index in [9.17, 15) is 19.5 Å². The molecule has 28 heavy (non-hydrogen) atoms. The van der Waals surface area contributed by atoms with Gasteiger partial charge in [-0.15, -0.1) is 0 Å². The van der Waals surface area contributed by atoms with Gasteiger partial charge in [-0.05, 0) is 5.56 Å². The summed E-state index contributed by atoms with van der Waals surface area (Å²) in [5.74, 6) is -1.08. The highest BCUT2D eigenvalue weighted by Gasteiger charge is 2.41. The Morgan fingerprint density at radius 3 is 2.29 bits per heavy atom. The van der Waals surface area contributed by atoms with Crippen LogP contribution in [0.3, 0.4) is 0 Å². The summed E-state index contributed by atoms with van der Waals surface area (Å²) in [6, 6.07) is 16.6. The van der Waals surface area contributed by atoms with Crippen LogP contribution in [0.15, 0.2) is 60.7 Å². The van der Waals surface area contributed by atoms with Gasteiger partial charge in [0.15, 0.2) is 12.4 Å². The molecule has 2 aromatic rings. The molecule has 146 valence electrons. The summed E-state index contributed by atoms with van der Waals surface area (Å²) in [4.78, 5) is 38.0. The average Bonchev–Trinajstić information content (AvgIpc) is 3.13. The van der Waals surface area contributed by atoms with Crippen molar-refractivity contribution >= 4 is 17.8 Å². The lowest BCUT2D eigenvalue weighted by Crippen LogP contribution is -2.42. The molecule has 0 radical (unpaired) electrons. The van der Waals surface area contributed by atoms with E-state index >= 15 is 0 Å². The number of β-amino-alcohol motifs (C(OH)–C–C–N with tert-alkyl or cyclic N) is 1. The molecule has 0 aromatic heterocycles. The van der Waals surface area contributed by atoms with Gasteiger partial charge in [-0.3, -0.25) is 9.69 Å². The third kappa shape index (κ3) is 4.95. The van der Waals surface area contributed by atoms with Gasteiger partial charge in [0, 0.05) is 12.0 Å². The minimum Gasteiger partial charge on any atom is -0.456 e. The number of likely N-dealkylation sites (tertiary alicyclic amines) is 1. The molecule has 1 N–H and O–H groups in total. The smallest absolute Gasteiger partial charge is 0.410 e. The lowest BCUT2D eigenvalue weighted by Gasteiger charge is -2.22. The molecule has 0 spiro atoms. The Bertz CT molecular complexity index is 823. The number of hydrogen-bond donors (Lipinski definition) is 1. The van der Waals surface area contributed by atoms with E-state index in [0.717, 1.165) is 10.5 Å². The van der Waals surface area contributed by atoms with Gasteiger partial charge in [0.1, 0.15) is 12.6 Å². The van der Waals surface area contributed by atoms with Crippen molar-refractivity contribution in [2.45, 2.75) is 25.2 Å². The molecule has 1 fully saturated rings. The lowest BCUT2D eigenvalue weighted by molar-refractivity contribution is -0.147. The number of esters is 1. The van der Waals surface area contributed by atoms with Crippen LogP contribution in [0.25, 0.3) is 0 Å². The topological polar surface area (TPSA) is 93.1 Å². The zero-order chi connectivity index (χ0) is 19.9. The highest BCUT2D eigenvalue weighted by molar-refractivity contribution is 5.98. The third-order valence-corrected chi connectivity index (χ3v) is 4.43. The van der Waals surface area contributed by atoms with Gasteiger partial charge in [-0.2, -0.15) is 0 Å². The zero-order valence-corrected chi connectivity index (χ0v) is 15.2. The van der Waals surface area contributed by atoms with E-state index < -0.39 is 30.8 Å². The van der Waals surface area contributed by atoms with Crippen LogP contribution < -0.4 is 0 Å². The standard InChI is InChI=1S/C21H21NO6/c23-17-11-18(20(25)27-14-19(24)16-9-5-2-6-10-16)22(12-17)21(26)28-13-15-7-3-1-4-8-15/h1-10,17-18,23H,11-14H2/t17-,18-/m1/s1. The van der Waals surface area contributed by atoms with Crippen molar-refractivity contribution in [2.75, 3.05) is 13.2 Å². The van der Waals surface area contributed by atoms with Gasteiger partial charge < -0.3 is 14.6 Å². The molecule has 1 aliphatic rings.